The maximum Gasteiger partial charge on any atom is 0.197 e. The maximum atomic E-state index is 13.2. The molecule has 15 nitrogen and oxygen atoms in total. The van der Waals surface area contributed by atoms with Crippen LogP contribution in [0.3, 0.4) is 0 Å². The number of aliphatic hydroxyl groups excluding tert-OH is 6. The minimum atomic E-state index is -1.82. The van der Waals surface area contributed by atoms with Gasteiger partial charge < -0.3 is 69.3 Å². The number of benzene rings is 2. The fraction of sp³-hybridized carbons (Fsp3) is 0.444. The zero-order valence-corrected chi connectivity index (χ0v) is 22.0. The van der Waals surface area contributed by atoms with Crippen molar-refractivity contribution in [3.8, 4) is 34.3 Å². The largest absolute Gasteiger partial charge is 0.507 e. The van der Waals surface area contributed by atoms with E-state index in [0.29, 0.717) is 0 Å². The molecule has 0 saturated carbocycles. The fourth-order valence-corrected chi connectivity index (χ4v) is 5.18. The quantitative estimate of drug-likeness (QED) is 0.142. The van der Waals surface area contributed by atoms with Gasteiger partial charge in [-0.3, -0.25) is 4.79 Å². The average Bonchev–Trinajstić information content (AvgIpc) is 3.24. The standard InChI is InChI=1S/C27H30O15/c1-38-15-6-13(33)18-12(32)5-14(9-2-3-10(30)11(31)4-9)39-24(18)19(15)25-26(22(36)20(34)16(7-28)40-25)42-27-23(37)21(35)17(8-29)41-27/h2-6,16-17,20-23,25-31,33-37H,7-8H2,1H3/t16-,17-,20-,21-,22+,23+,25+,26-,27+/m1/s1. The number of hydrogen-bond acceptors (Lipinski definition) is 15. The topological polar surface area (TPSA) is 249 Å². The Kier molecular flexibility index (Phi) is 8.30. The Morgan fingerprint density at radius 3 is 2.10 bits per heavy atom. The van der Waals surface area contributed by atoms with Crippen LogP contribution in [0.1, 0.15) is 11.7 Å². The van der Waals surface area contributed by atoms with Crippen LogP contribution in [0.2, 0.25) is 0 Å². The summed E-state index contributed by atoms with van der Waals surface area (Å²) in [5, 5.41) is 91.7. The minimum absolute atomic E-state index is 0.117. The summed E-state index contributed by atoms with van der Waals surface area (Å²) >= 11 is 0. The van der Waals surface area contributed by atoms with Gasteiger partial charge in [-0.2, -0.15) is 0 Å². The molecule has 0 spiro atoms. The van der Waals surface area contributed by atoms with E-state index in [0.717, 1.165) is 24.3 Å². The smallest absolute Gasteiger partial charge is 0.197 e. The highest BCUT2D eigenvalue weighted by Gasteiger charge is 2.52. The molecule has 2 aliphatic heterocycles. The first kappa shape index (κ1) is 30.0. The normalized spacial score (nSPS) is 31.5. The van der Waals surface area contributed by atoms with Crippen LogP contribution in [-0.2, 0) is 14.2 Å². The van der Waals surface area contributed by atoms with E-state index in [4.69, 9.17) is 23.4 Å². The third-order valence-corrected chi connectivity index (χ3v) is 7.40. The van der Waals surface area contributed by atoms with Crippen LogP contribution >= 0.6 is 0 Å². The van der Waals surface area contributed by atoms with Gasteiger partial charge in [0.15, 0.2) is 28.8 Å². The molecule has 2 fully saturated rings. The van der Waals surface area contributed by atoms with Crippen molar-refractivity contribution in [2.75, 3.05) is 20.3 Å². The zero-order valence-electron chi connectivity index (χ0n) is 22.0. The van der Waals surface area contributed by atoms with E-state index < -0.39 is 91.0 Å². The van der Waals surface area contributed by atoms with Crippen LogP contribution in [0.25, 0.3) is 22.3 Å². The summed E-state index contributed by atoms with van der Waals surface area (Å²) < 4.78 is 28.6. The zero-order chi connectivity index (χ0) is 30.5. The molecule has 0 amide bonds. The molecule has 9 N–H and O–H groups in total. The molecule has 0 unspecified atom stereocenters. The molecule has 5 rings (SSSR count). The van der Waals surface area contributed by atoms with E-state index in [1.165, 1.54) is 13.2 Å². The van der Waals surface area contributed by atoms with Gasteiger partial charge in [0.25, 0.3) is 0 Å². The molecule has 228 valence electrons. The third-order valence-electron chi connectivity index (χ3n) is 7.40. The Labute approximate surface area is 236 Å². The van der Waals surface area contributed by atoms with Crippen LogP contribution in [0.15, 0.2) is 39.5 Å². The second-order valence-corrected chi connectivity index (χ2v) is 9.96. The highest BCUT2D eigenvalue weighted by molar-refractivity contribution is 5.89. The second-order valence-electron chi connectivity index (χ2n) is 9.96. The summed E-state index contributed by atoms with van der Waals surface area (Å²) in [5.41, 5.74) is -1.02. The predicted octanol–water partition coefficient (Wildman–Crippen LogP) is -1.44. The predicted molar refractivity (Wildman–Crippen MR) is 139 cm³/mol. The van der Waals surface area contributed by atoms with Gasteiger partial charge in [0, 0.05) is 17.7 Å². The molecule has 0 bridgehead atoms. The number of aliphatic hydroxyl groups is 6. The lowest BCUT2D eigenvalue weighted by molar-refractivity contribution is -0.289. The van der Waals surface area contributed by atoms with Crippen LogP contribution in [0.4, 0.5) is 0 Å². The number of aromatic hydroxyl groups is 3. The molecule has 2 aliphatic rings. The second kappa shape index (κ2) is 11.6. The van der Waals surface area contributed by atoms with E-state index in [2.05, 4.69) is 0 Å². The Morgan fingerprint density at radius 2 is 1.48 bits per heavy atom. The van der Waals surface area contributed by atoms with Crippen molar-refractivity contribution in [2.24, 2.45) is 0 Å². The minimum Gasteiger partial charge on any atom is -0.507 e. The number of methoxy groups -OCH3 is 1. The summed E-state index contributed by atoms with van der Waals surface area (Å²) in [6, 6.07) is 5.77. The lowest BCUT2D eigenvalue weighted by Gasteiger charge is -2.43. The van der Waals surface area contributed by atoms with Gasteiger partial charge in [0.2, 0.25) is 0 Å². The molecular weight excluding hydrogens is 564 g/mol. The molecule has 42 heavy (non-hydrogen) atoms. The Hall–Kier alpha value is -3.51. The maximum absolute atomic E-state index is 13.2. The lowest BCUT2D eigenvalue weighted by atomic mass is 9.89. The van der Waals surface area contributed by atoms with Gasteiger partial charge in [-0.05, 0) is 18.2 Å². The first-order valence-electron chi connectivity index (χ1n) is 12.8. The molecule has 2 aromatic carbocycles. The van der Waals surface area contributed by atoms with Crippen molar-refractivity contribution >= 4 is 11.0 Å². The molecule has 1 aromatic heterocycles. The van der Waals surface area contributed by atoms with Crippen molar-refractivity contribution in [3.63, 3.8) is 0 Å². The lowest BCUT2D eigenvalue weighted by Crippen LogP contribution is -2.57. The van der Waals surface area contributed by atoms with Crippen molar-refractivity contribution in [1.29, 1.82) is 0 Å². The Morgan fingerprint density at radius 1 is 0.810 bits per heavy atom. The van der Waals surface area contributed by atoms with Gasteiger partial charge in [-0.15, -0.1) is 0 Å². The van der Waals surface area contributed by atoms with E-state index in [9.17, 15) is 50.8 Å². The van der Waals surface area contributed by atoms with Crippen LogP contribution in [-0.4, -0.2) is 115 Å². The third kappa shape index (κ3) is 5.04. The number of phenolic OH excluding ortho intramolecular Hbond substituents is 3. The number of rotatable bonds is 7. The van der Waals surface area contributed by atoms with E-state index >= 15 is 0 Å². The van der Waals surface area contributed by atoms with E-state index in [-0.39, 0.29) is 33.6 Å². The molecular formula is C27H30O15. The van der Waals surface area contributed by atoms with Gasteiger partial charge in [-0.25, -0.2) is 0 Å². The number of fused-ring (bicyclic) bond motifs is 1. The van der Waals surface area contributed by atoms with Crippen molar-refractivity contribution in [2.45, 2.75) is 55.1 Å². The van der Waals surface area contributed by atoms with Crippen molar-refractivity contribution < 1.29 is 69.3 Å². The molecule has 9 atom stereocenters. The van der Waals surface area contributed by atoms with Crippen molar-refractivity contribution in [1.82, 2.24) is 0 Å². The van der Waals surface area contributed by atoms with E-state index in [1.54, 1.807) is 0 Å². The molecule has 3 aromatic rings. The summed E-state index contributed by atoms with van der Waals surface area (Å²) in [6.07, 6.45) is -14.2. The van der Waals surface area contributed by atoms with Crippen LogP contribution < -0.4 is 10.2 Å². The number of hydrogen-bond donors (Lipinski definition) is 9. The van der Waals surface area contributed by atoms with Crippen molar-refractivity contribution in [3.05, 3.63) is 46.1 Å². The number of phenols is 3. The van der Waals surface area contributed by atoms with Gasteiger partial charge in [0.05, 0.1) is 25.9 Å². The van der Waals surface area contributed by atoms with Gasteiger partial charge >= 0.3 is 0 Å². The number of ether oxygens (including phenoxy) is 4. The first-order valence-corrected chi connectivity index (χ1v) is 12.8. The average molecular weight is 595 g/mol. The monoisotopic (exact) mass is 594 g/mol. The Bertz CT molecular complexity index is 1510. The van der Waals surface area contributed by atoms with Gasteiger partial charge in [0.1, 0.15) is 71.5 Å². The van der Waals surface area contributed by atoms with Gasteiger partial charge in [-0.1, -0.05) is 0 Å². The molecule has 0 radical (unpaired) electrons. The highest BCUT2D eigenvalue weighted by Crippen LogP contribution is 2.46. The molecule has 0 aliphatic carbocycles. The first-order chi connectivity index (χ1) is 20.0. The SMILES string of the molecule is COc1cc(O)c2c(=O)cc(-c3ccc(O)c(O)c3)oc2c1[C@@H]1O[C@H](CO)[C@@H](O)[C@H](O)[C@H]1O[C@@H]1O[C@H](CO)[C@@H](O)[C@@H]1O. The summed E-state index contributed by atoms with van der Waals surface area (Å²) in [6.45, 7) is -1.44. The molecule has 3 heterocycles. The Balaban J connectivity index is 1.70. The summed E-state index contributed by atoms with van der Waals surface area (Å²) in [5.74, 6) is -1.73. The van der Waals surface area contributed by atoms with E-state index in [1.807, 2.05) is 0 Å². The molecule has 15 heteroatoms. The summed E-state index contributed by atoms with van der Waals surface area (Å²) in [4.78, 5) is 13.2. The molecule has 2 saturated heterocycles. The fourth-order valence-electron chi connectivity index (χ4n) is 5.18. The van der Waals surface area contributed by atoms with Crippen LogP contribution in [0.5, 0.6) is 23.0 Å². The van der Waals surface area contributed by atoms with Crippen LogP contribution in [0, 0.1) is 0 Å². The highest BCUT2D eigenvalue weighted by atomic mass is 16.7. The summed E-state index contributed by atoms with van der Waals surface area (Å²) in [7, 11) is 1.23.